The summed E-state index contributed by atoms with van der Waals surface area (Å²) in [5.74, 6) is -0.564. The number of carbonyl (C=O) groups is 1. The first-order valence-corrected chi connectivity index (χ1v) is 7.51. The fourth-order valence-corrected chi connectivity index (χ4v) is 2.60. The van der Waals surface area contributed by atoms with Gasteiger partial charge in [-0.05, 0) is 12.8 Å². The summed E-state index contributed by atoms with van der Waals surface area (Å²) in [7, 11) is -3.24. The van der Waals surface area contributed by atoms with Gasteiger partial charge in [-0.15, -0.1) is 0 Å². The van der Waals surface area contributed by atoms with E-state index in [4.69, 9.17) is 18.0 Å². The van der Waals surface area contributed by atoms with Gasteiger partial charge in [0.2, 0.25) is 5.91 Å². The first kappa shape index (κ1) is 13.4. The van der Waals surface area contributed by atoms with Crippen molar-refractivity contribution in [1.82, 2.24) is 4.90 Å². The molecule has 0 aliphatic carbocycles. The second-order valence-corrected chi connectivity index (χ2v) is 6.74. The summed E-state index contributed by atoms with van der Waals surface area (Å²) in [4.78, 5) is 13.6. The van der Waals surface area contributed by atoms with E-state index in [9.17, 15) is 13.2 Å². The molecule has 2 N–H and O–H groups in total. The van der Waals surface area contributed by atoms with Crippen LogP contribution in [0.1, 0.15) is 12.8 Å². The summed E-state index contributed by atoms with van der Waals surface area (Å²) >= 11 is 4.89. The molecule has 1 aliphatic heterocycles. The van der Waals surface area contributed by atoms with E-state index in [0.717, 1.165) is 19.1 Å². The number of hydrogen-bond acceptors (Lipinski definition) is 4. The maximum Gasteiger partial charge on any atom is 0.237 e. The predicted molar refractivity (Wildman–Crippen MR) is 65.8 cm³/mol. The van der Waals surface area contributed by atoms with E-state index in [-0.39, 0.29) is 11.8 Å². The van der Waals surface area contributed by atoms with Crippen LogP contribution in [0, 0.1) is 5.92 Å². The molecule has 1 saturated heterocycles. The fourth-order valence-electron chi connectivity index (χ4n) is 1.73. The van der Waals surface area contributed by atoms with Gasteiger partial charge in [0.05, 0.1) is 4.99 Å². The number of thiocarbonyl (C=S) groups is 1. The van der Waals surface area contributed by atoms with E-state index < -0.39 is 15.6 Å². The molecular weight excluding hydrogens is 248 g/mol. The van der Waals surface area contributed by atoms with Crippen molar-refractivity contribution < 1.29 is 13.2 Å². The monoisotopic (exact) mass is 264 g/mol. The minimum Gasteiger partial charge on any atom is -0.393 e. The summed E-state index contributed by atoms with van der Waals surface area (Å²) < 4.78 is 21.9. The van der Waals surface area contributed by atoms with E-state index in [0.29, 0.717) is 18.1 Å². The number of sulfone groups is 1. The molecule has 0 spiro atoms. The molecule has 1 aliphatic rings. The molecule has 0 aromatic carbocycles. The third-order valence-corrected chi connectivity index (χ3v) is 3.74. The van der Waals surface area contributed by atoms with Crippen LogP contribution in [-0.4, -0.2) is 49.3 Å². The molecule has 16 heavy (non-hydrogen) atoms. The van der Waals surface area contributed by atoms with Crippen LogP contribution in [-0.2, 0) is 14.6 Å². The molecule has 1 heterocycles. The highest BCUT2D eigenvalue weighted by Gasteiger charge is 2.25. The normalized spacial score (nSPS) is 18.4. The van der Waals surface area contributed by atoms with Gasteiger partial charge in [0.15, 0.2) is 9.84 Å². The molecule has 0 radical (unpaired) electrons. The highest BCUT2D eigenvalue weighted by Crippen LogP contribution is 2.17. The van der Waals surface area contributed by atoms with Crippen molar-refractivity contribution in [2.45, 2.75) is 12.8 Å². The van der Waals surface area contributed by atoms with E-state index >= 15 is 0 Å². The van der Waals surface area contributed by atoms with Crippen LogP contribution in [0.25, 0.3) is 0 Å². The average molecular weight is 264 g/mol. The van der Waals surface area contributed by atoms with Gasteiger partial charge in [0, 0.05) is 25.3 Å². The highest BCUT2D eigenvalue weighted by atomic mass is 32.2. The largest absolute Gasteiger partial charge is 0.393 e. The second-order valence-electron chi connectivity index (χ2n) is 4.13. The third kappa shape index (κ3) is 4.05. The maximum absolute atomic E-state index is 11.6. The van der Waals surface area contributed by atoms with Crippen LogP contribution in [0.15, 0.2) is 0 Å². The lowest BCUT2D eigenvalue weighted by Crippen LogP contribution is -2.43. The summed E-state index contributed by atoms with van der Waals surface area (Å²) in [6.07, 6.45) is 2.52. The molecule has 7 heteroatoms. The molecule has 92 valence electrons. The van der Waals surface area contributed by atoms with Crippen molar-refractivity contribution in [2.75, 3.05) is 25.1 Å². The molecule has 5 nitrogen and oxygen atoms in total. The van der Waals surface area contributed by atoms with Crippen LogP contribution in [0.2, 0.25) is 0 Å². The summed E-state index contributed by atoms with van der Waals surface area (Å²) in [6, 6.07) is 0. The number of amides is 1. The van der Waals surface area contributed by atoms with E-state index in [1.54, 1.807) is 4.90 Å². The average Bonchev–Trinajstić information content (AvgIpc) is 2.15. The first-order chi connectivity index (χ1) is 7.29. The predicted octanol–water partition coefficient (Wildman–Crippen LogP) is -0.444. The number of rotatable bonds is 3. The Labute approximate surface area is 101 Å². The Hall–Kier alpha value is -0.690. The second kappa shape index (κ2) is 5.09. The minimum absolute atomic E-state index is 0.178. The number of hydrogen-bond donors (Lipinski definition) is 1. The zero-order chi connectivity index (χ0) is 12.3. The zero-order valence-electron chi connectivity index (χ0n) is 9.18. The molecule has 0 bridgehead atoms. The lowest BCUT2D eigenvalue weighted by molar-refractivity contribution is -0.129. The van der Waals surface area contributed by atoms with E-state index in [2.05, 4.69) is 0 Å². The number of piperidine rings is 1. The van der Waals surface area contributed by atoms with Crippen LogP contribution in [0.5, 0.6) is 0 Å². The Balaban J connectivity index is 2.48. The Morgan fingerprint density at radius 2 is 1.94 bits per heavy atom. The van der Waals surface area contributed by atoms with Gasteiger partial charge in [-0.25, -0.2) is 8.42 Å². The quantitative estimate of drug-likeness (QED) is 0.699. The molecule has 0 aromatic heterocycles. The van der Waals surface area contributed by atoms with Crippen LogP contribution in [0.3, 0.4) is 0 Å². The number of likely N-dealkylation sites (tertiary alicyclic amines) is 1. The van der Waals surface area contributed by atoms with Crippen molar-refractivity contribution >= 4 is 33.0 Å². The Morgan fingerprint density at radius 3 is 2.31 bits per heavy atom. The Bertz CT molecular complexity index is 384. The lowest BCUT2D eigenvalue weighted by Gasteiger charge is -2.31. The SMILES string of the molecule is CS(=O)(=O)CC(=O)N1CCC(C(N)=S)CC1. The van der Waals surface area contributed by atoms with Crippen molar-refractivity contribution in [3.8, 4) is 0 Å². The molecule has 0 atom stereocenters. The van der Waals surface area contributed by atoms with Gasteiger partial charge < -0.3 is 10.6 Å². The highest BCUT2D eigenvalue weighted by molar-refractivity contribution is 7.91. The zero-order valence-corrected chi connectivity index (χ0v) is 10.8. The standard InChI is InChI=1S/C9H16N2O3S2/c1-16(13,14)6-8(12)11-4-2-7(3-5-11)9(10)15/h7H,2-6H2,1H3,(H2,10,15). The molecular formula is C9H16N2O3S2. The number of nitrogens with zero attached hydrogens (tertiary/aromatic N) is 1. The van der Waals surface area contributed by atoms with Gasteiger partial charge in [0.25, 0.3) is 0 Å². The number of carbonyl (C=O) groups excluding carboxylic acids is 1. The Morgan fingerprint density at radius 1 is 1.44 bits per heavy atom. The first-order valence-electron chi connectivity index (χ1n) is 5.04. The Kier molecular flexibility index (Phi) is 4.26. The van der Waals surface area contributed by atoms with E-state index in [1.165, 1.54) is 0 Å². The summed E-state index contributed by atoms with van der Waals surface area (Å²) in [5, 5.41) is 0. The smallest absolute Gasteiger partial charge is 0.237 e. The van der Waals surface area contributed by atoms with Crippen molar-refractivity contribution in [2.24, 2.45) is 11.7 Å². The van der Waals surface area contributed by atoms with Gasteiger partial charge in [-0.2, -0.15) is 0 Å². The van der Waals surface area contributed by atoms with Gasteiger partial charge >= 0.3 is 0 Å². The third-order valence-electron chi connectivity index (χ3n) is 2.64. The number of nitrogens with two attached hydrogens (primary N) is 1. The molecule has 1 amide bonds. The van der Waals surface area contributed by atoms with E-state index in [1.807, 2.05) is 0 Å². The minimum atomic E-state index is -3.24. The lowest BCUT2D eigenvalue weighted by atomic mass is 9.97. The molecule has 0 saturated carbocycles. The molecule has 0 unspecified atom stereocenters. The van der Waals surface area contributed by atoms with Gasteiger partial charge in [0.1, 0.15) is 5.75 Å². The molecule has 1 rings (SSSR count). The van der Waals surface area contributed by atoms with Crippen LogP contribution >= 0.6 is 12.2 Å². The summed E-state index contributed by atoms with van der Waals surface area (Å²) in [6.45, 7) is 1.08. The topological polar surface area (TPSA) is 80.5 Å². The molecule has 1 fully saturated rings. The fraction of sp³-hybridized carbons (Fsp3) is 0.778. The maximum atomic E-state index is 11.6. The van der Waals surface area contributed by atoms with Gasteiger partial charge in [-0.1, -0.05) is 12.2 Å². The van der Waals surface area contributed by atoms with Crippen molar-refractivity contribution in [1.29, 1.82) is 0 Å². The van der Waals surface area contributed by atoms with Crippen LogP contribution < -0.4 is 5.73 Å². The van der Waals surface area contributed by atoms with Gasteiger partial charge in [-0.3, -0.25) is 4.79 Å². The molecule has 0 aromatic rings. The van der Waals surface area contributed by atoms with Crippen molar-refractivity contribution in [3.05, 3.63) is 0 Å². The van der Waals surface area contributed by atoms with Crippen molar-refractivity contribution in [3.63, 3.8) is 0 Å². The van der Waals surface area contributed by atoms with Crippen LogP contribution in [0.4, 0.5) is 0 Å². The summed E-state index contributed by atoms with van der Waals surface area (Å²) in [5.41, 5.74) is 5.52.